The lowest BCUT2D eigenvalue weighted by molar-refractivity contribution is 0.196. The Hall–Kier alpha value is -0.120. The molecule has 0 aromatic rings. The lowest BCUT2D eigenvalue weighted by Crippen LogP contribution is -2.46. The predicted octanol–water partition coefficient (Wildman–Crippen LogP) is 1.47. The summed E-state index contributed by atoms with van der Waals surface area (Å²) in [5, 5.41) is 12.5. The van der Waals surface area contributed by atoms with Crippen molar-refractivity contribution in [3.63, 3.8) is 0 Å². The van der Waals surface area contributed by atoms with Gasteiger partial charge in [0.25, 0.3) is 0 Å². The van der Waals surface area contributed by atoms with E-state index in [1.807, 2.05) is 0 Å². The molecule has 0 saturated carbocycles. The quantitative estimate of drug-likeness (QED) is 0.722. The molecule has 1 saturated heterocycles. The Kier molecular flexibility index (Phi) is 5.73. The Labute approximate surface area is 100 Å². The first-order chi connectivity index (χ1) is 7.53. The molecule has 3 nitrogen and oxygen atoms in total. The van der Waals surface area contributed by atoms with E-state index in [-0.39, 0.29) is 0 Å². The molecule has 0 spiro atoms. The SMILES string of the molecule is CN1CCCC(NCC(C)(C)CCCO)C1. The molecule has 1 fully saturated rings. The minimum absolute atomic E-state index is 0.304. The zero-order valence-corrected chi connectivity index (χ0v) is 11.1. The molecule has 1 rings (SSSR count). The molecule has 2 N–H and O–H groups in total. The molecule has 0 radical (unpaired) electrons. The van der Waals surface area contributed by atoms with Crippen molar-refractivity contribution >= 4 is 0 Å². The van der Waals surface area contributed by atoms with Crippen LogP contribution in [0.25, 0.3) is 0 Å². The molecule has 1 heterocycles. The monoisotopic (exact) mass is 228 g/mol. The molecule has 1 atom stereocenters. The Morgan fingerprint density at radius 3 is 2.81 bits per heavy atom. The first-order valence-electron chi connectivity index (χ1n) is 6.56. The normalized spacial score (nSPS) is 23.6. The molecule has 0 amide bonds. The Morgan fingerprint density at radius 1 is 1.44 bits per heavy atom. The average molecular weight is 228 g/mol. The molecular weight excluding hydrogens is 200 g/mol. The number of hydrogen-bond acceptors (Lipinski definition) is 3. The van der Waals surface area contributed by atoms with Crippen LogP contribution in [0.2, 0.25) is 0 Å². The number of aliphatic hydroxyl groups is 1. The second-order valence-electron chi connectivity index (χ2n) is 5.97. The number of hydrogen-bond donors (Lipinski definition) is 2. The molecule has 0 aromatic carbocycles. The molecular formula is C13H28N2O. The second-order valence-corrected chi connectivity index (χ2v) is 5.97. The zero-order chi connectivity index (χ0) is 12.0. The fourth-order valence-electron chi connectivity index (χ4n) is 2.40. The number of nitrogens with one attached hydrogen (secondary N) is 1. The van der Waals surface area contributed by atoms with Gasteiger partial charge in [0, 0.05) is 25.7 Å². The first-order valence-corrected chi connectivity index (χ1v) is 6.56. The summed E-state index contributed by atoms with van der Waals surface area (Å²) in [6.07, 6.45) is 4.63. The van der Waals surface area contributed by atoms with Gasteiger partial charge in [0.15, 0.2) is 0 Å². The van der Waals surface area contributed by atoms with Gasteiger partial charge in [0.05, 0.1) is 0 Å². The van der Waals surface area contributed by atoms with E-state index in [1.54, 1.807) is 0 Å². The van der Waals surface area contributed by atoms with E-state index in [2.05, 4.69) is 31.1 Å². The average Bonchev–Trinajstić information content (AvgIpc) is 2.24. The highest BCUT2D eigenvalue weighted by molar-refractivity contribution is 4.80. The Balaban J connectivity index is 2.21. The van der Waals surface area contributed by atoms with Gasteiger partial charge in [-0.05, 0) is 44.7 Å². The number of rotatable bonds is 6. The first kappa shape index (κ1) is 13.9. The molecule has 1 aliphatic rings. The maximum Gasteiger partial charge on any atom is 0.0431 e. The maximum absolute atomic E-state index is 8.85. The molecule has 16 heavy (non-hydrogen) atoms. The van der Waals surface area contributed by atoms with Crippen LogP contribution in [-0.4, -0.2) is 49.3 Å². The van der Waals surface area contributed by atoms with Crippen LogP contribution < -0.4 is 5.32 Å². The van der Waals surface area contributed by atoms with Crippen molar-refractivity contribution in [2.75, 3.05) is 33.3 Å². The predicted molar refractivity (Wildman–Crippen MR) is 68.6 cm³/mol. The number of piperidine rings is 1. The number of nitrogens with zero attached hydrogens (tertiary/aromatic N) is 1. The Morgan fingerprint density at radius 2 is 2.19 bits per heavy atom. The topological polar surface area (TPSA) is 35.5 Å². The lowest BCUT2D eigenvalue weighted by Gasteiger charge is -2.33. The molecule has 96 valence electrons. The fraction of sp³-hybridized carbons (Fsp3) is 1.00. The molecule has 0 aliphatic carbocycles. The summed E-state index contributed by atoms with van der Waals surface area (Å²) < 4.78 is 0. The number of likely N-dealkylation sites (tertiary alicyclic amines) is 1. The number of aliphatic hydroxyl groups excluding tert-OH is 1. The van der Waals surface area contributed by atoms with Crippen molar-refractivity contribution in [3.05, 3.63) is 0 Å². The largest absolute Gasteiger partial charge is 0.396 e. The lowest BCUT2D eigenvalue weighted by atomic mass is 9.87. The Bertz CT molecular complexity index is 194. The molecule has 0 aromatic heterocycles. The standard InChI is InChI=1S/C13H28N2O/c1-13(2,7-5-9-16)11-14-12-6-4-8-15(3)10-12/h12,14,16H,4-11H2,1-3H3. The van der Waals surface area contributed by atoms with Crippen LogP contribution in [0.5, 0.6) is 0 Å². The van der Waals surface area contributed by atoms with E-state index < -0.39 is 0 Å². The van der Waals surface area contributed by atoms with E-state index in [4.69, 9.17) is 5.11 Å². The van der Waals surface area contributed by atoms with Gasteiger partial charge in [-0.2, -0.15) is 0 Å². The summed E-state index contributed by atoms with van der Waals surface area (Å²) in [5.74, 6) is 0. The summed E-state index contributed by atoms with van der Waals surface area (Å²) in [4.78, 5) is 2.40. The summed E-state index contributed by atoms with van der Waals surface area (Å²) in [7, 11) is 2.20. The van der Waals surface area contributed by atoms with Crippen LogP contribution in [0.4, 0.5) is 0 Å². The zero-order valence-electron chi connectivity index (χ0n) is 11.1. The molecule has 0 bridgehead atoms. The smallest absolute Gasteiger partial charge is 0.0431 e. The molecule has 1 aliphatic heterocycles. The van der Waals surface area contributed by atoms with E-state index in [1.165, 1.54) is 25.9 Å². The molecule has 3 heteroatoms. The van der Waals surface area contributed by atoms with E-state index in [9.17, 15) is 0 Å². The van der Waals surface area contributed by atoms with Gasteiger partial charge in [0.1, 0.15) is 0 Å². The summed E-state index contributed by atoms with van der Waals surface area (Å²) in [5.41, 5.74) is 0.304. The number of likely N-dealkylation sites (N-methyl/N-ethyl adjacent to an activating group) is 1. The minimum atomic E-state index is 0.304. The van der Waals surface area contributed by atoms with Crippen LogP contribution >= 0.6 is 0 Å². The third-order valence-electron chi connectivity index (χ3n) is 3.51. The summed E-state index contributed by atoms with van der Waals surface area (Å²) >= 11 is 0. The third kappa shape index (κ3) is 5.28. The van der Waals surface area contributed by atoms with Gasteiger partial charge in [-0.1, -0.05) is 13.8 Å². The fourth-order valence-corrected chi connectivity index (χ4v) is 2.40. The van der Waals surface area contributed by atoms with E-state index in [0.717, 1.165) is 19.4 Å². The van der Waals surface area contributed by atoms with Crippen LogP contribution in [-0.2, 0) is 0 Å². The third-order valence-corrected chi connectivity index (χ3v) is 3.51. The van der Waals surface area contributed by atoms with Crippen molar-refractivity contribution in [2.24, 2.45) is 5.41 Å². The molecule has 1 unspecified atom stereocenters. The van der Waals surface area contributed by atoms with Gasteiger partial charge < -0.3 is 15.3 Å². The highest BCUT2D eigenvalue weighted by Gasteiger charge is 2.21. The van der Waals surface area contributed by atoms with E-state index in [0.29, 0.717) is 18.1 Å². The highest BCUT2D eigenvalue weighted by atomic mass is 16.2. The van der Waals surface area contributed by atoms with Gasteiger partial charge in [-0.3, -0.25) is 0 Å². The van der Waals surface area contributed by atoms with Gasteiger partial charge in [-0.15, -0.1) is 0 Å². The van der Waals surface area contributed by atoms with Crippen LogP contribution in [0.3, 0.4) is 0 Å². The van der Waals surface area contributed by atoms with Crippen molar-refractivity contribution in [3.8, 4) is 0 Å². The van der Waals surface area contributed by atoms with Crippen LogP contribution in [0.15, 0.2) is 0 Å². The second kappa shape index (κ2) is 6.58. The summed E-state index contributed by atoms with van der Waals surface area (Å²) in [6, 6.07) is 0.659. The van der Waals surface area contributed by atoms with Crippen molar-refractivity contribution in [2.45, 2.75) is 45.6 Å². The van der Waals surface area contributed by atoms with Crippen molar-refractivity contribution < 1.29 is 5.11 Å². The summed E-state index contributed by atoms with van der Waals surface area (Å²) in [6.45, 7) is 8.35. The van der Waals surface area contributed by atoms with Crippen LogP contribution in [0.1, 0.15) is 39.5 Å². The minimum Gasteiger partial charge on any atom is -0.396 e. The van der Waals surface area contributed by atoms with Gasteiger partial charge >= 0.3 is 0 Å². The van der Waals surface area contributed by atoms with Gasteiger partial charge in [-0.25, -0.2) is 0 Å². The van der Waals surface area contributed by atoms with E-state index >= 15 is 0 Å². The highest BCUT2D eigenvalue weighted by Crippen LogP contribution is 2.21. The van der Waals surface area contributed by atoms with Crippen LogP contribution in [0, 0.1) is 5.41 Å². The maximum atomic E-state index is 8.85. The van der Waals surface area contributed by atoms with Crippen molar-refractivity contribution in [1.29, 1.82) is 0 Å². The van der Waals surface area contributed by atoms with Gasteiger partial charge in [0.2, 0.25) is 0 Å². The van der Waals surface area contributed by atoms with Crippen molar-refractivity contribution in [1.82, 2.24) is 10.2 Å².